The van der Waals surface area contributed by atoms with E-state index in [-0.39, 0.29) is 5.75 Å². The lowest BCUT2D eigenvalue weighted by molar-refractivity contribution is 0.0627. The molecule has 2 aromatic rings. The fraction of sp³-hybridized carbons (Fsp3) is 0.364. The first kappa shape index (κ1) is 9.98. The normalized spacial score (nSPS) is 12.2. The molecular formula is C11H14N2O2. The molecule has 0 unspecified atom stereocenters. The highest BCUT2D eigenvalue weighted by atomic mass is 16.3. The van der Waals surface area contributed by atoms with Crippen LogP contribution in [0, 0.1) is 0 Å². The van der Waals surface area contributed by atoms with Gasteiger partial charge in [0.15, 0.2) is 0 Å². The summed E-state index contributed by atoms with van der Waals surface area (Å²) in [6, 6.07) is 5.02. The molecule has 4 heteroatoms. The number of aliphatic hydroxyl groups is 1. The highest BCUT2D eigenvalue weighted by Crippen LogP contribution is 2.20. The number of aromatic nitrogens is 2. The lowest BCUT2D eigenvalue weighted by atomic mass is 10.1. The van der Waals surface area contributed by atoms with Gasteiger partial charge in [0, 0.05) is 6.07 Å². The van der Waals surface area contributed by atoms with Gasteiger partial charge in [0.25, 0.3) is 0 Å². The molecule has 15 heavy (non-hydrogen) atoms. The molecular weight excluding hydrogens is 192 g/mol. The Morgan fingerprint density at radius 2 is 2.13 bits per heavy atom. The molecule has 0 saturated heterocycles. The average molecular weight is 206 g/mol. The number of imidazole rings is 1. The van der Waals surface area contributed by atoms with Crippen LogP contribution in [0.4, 0.5) is 0 Å². The van der Waals surface area contributed by atoms with E-state index < -0.39 is 5.60 Å². The van der Waals surface area contributed by atoms with E-state index in [1.165, 1.54) is 0 Å². The largest absolute Gasteiger partial charge is 0.508 e. The summed E-state index contributed by atoms with van der Waals surface area (Å²) in [5, 5.41) is 19.0. The molecule has 4 nitrogen and oxygen atoms in total. The van der Waals surface area contributed by atoms with Gasteiger partial charge >= 0.3 is 0 Å². The van der Waals surface area contributed by atoms with Crippen molar-refractivity contribution in [3.63, 3.8) is 0 Å². The van der Waals surface area contributed by atoms with Crippen molar-refractivity contribution in [3.8, 4) is 5.75 Å². The third kappa shape index (κ3) is 2.10. The Morgan fingerprint density at radius 3 is 2.80 bits per heavy atom. The number of hydrogen-bond acceptors (Lipinski definition) is 3. The molecule has 80 valence electrons. The van der Waals surface area contributed by atoms with Crippen molar-refractivity contribution in [1.29, 1.82) is 0 Å². The van der Waals surface area contributed by atoms with Gasteiger partial charge in [-0.1, -0.05) is 0 Å². The molecule has 0 fully saturated rings. The van der Waals surface area contributed by atoms with Crippen molar-refractivity contribution in [3.05, 3.63) is 24.5 Å². The third-order valence-electron chi connectivity index (χ3n) is 2.16. The Balaban J connectivity index is 2.45. The number of nitrogens with zero attached hydrogens (tertiary/aromatic N) is 2. The molecule has 0 aliphatic heterocycles. The van der Waals surface area contributed by atoms with Crippen LogP contribution in [0.5, 0.6) is 5.75 Å². The molecule has 0 aliphatic rings. The number of aromatic hydroxyl groups is 1. The molecule has 2 rings (SSSR count). The van der Waals surface area contributed by atoms with E-state index in [1.54, 1.807) is 38.4 Å². The van der Waals surface area contributed by atoms with Crippen molar-refractivity contribution < 1.29 is 10.2 Å². The average Bonchev–Trinajstić information content (AvgIpc) is 2.45. The Hall–Kier alpha value is -1.55. The van der Waals surface area contributed by atoms with E-state index >= 15 is 0 Å². The Kier molecular flexibility index (Phi) is 2.16. The van der Waals surface area contributed by atoms with Gasteiger partial charge in [-0.3, -0.25) is 0 Å². The summed E-state index contributed by atoms with van der Waals surface area (Å²) in [5.41, 5.74) is 0.875. The molecule has 0 saturated carbocycles. The Morgan fingerprint density at radius 1 is 1.40 bits per heavy atom. The maximum absolute atomic E-state index is 9.71. The van der Waals surface area contributed by atoms with Crippen LogP contribution in [-0.2, 0) is 6.54 Å². The van der Waals surface area contributed by atoms with Gasteiger partial charge in [-0.05, 0) is 26.0 Å². The Labute approximate surface area is 87.8 Å². The van der Waals surface area contributed by atoms with Crippen LogP contribution in [0.25, 0.3) is 11.0 Å². The summed E-state index contributed by atoms with van der Waals surface area (Å²) >= 11 is 0. The quantitative estimate of drug-likeness (QED) is 0.783. The summed E-state index contributed by atoms with van der Waals surface area (Å²) in [6.45, 7) is 3.98. The first-order valence-electron chi connectivity index (χ1n) is 4.82. The second kappa shape index (κ2) is 3.24. The summed E-state index contributed by atoms with van der Waals surface area (Å²) in [6.07, 6.45) is 1.67. The molecule has 0 amide bonds. The molecule has 0 radical (unpaired) electrons. The standard InChI is InChI=1S/C11H14N2O2/c1-11(2,15)6-13-7-12-9-5-8(14)3-4-10(9)13/h3-5,7,14-15H,6H2,1-2H3. The fourth-order valence-electron chi connectivity index (χ4n) is 1.60. The minimum atomic E-state index is -0.772. The maximum atomic E-state index is 9.71. The smallest absolute Gasteiger partial charge is 0.117 e. The van der Waals surface area contributed by atoms with Crippen LogP contribution in [0.2, 0.25) is 0 Å². The topological polar surface area (TPSA) is 58.3 Å². The fourth-order valence-corrected chi connectivity index (χ4v) is 1.60. The van der Waals surface area contributed by atoms with Crippen molar-refractivity contribution in [2.24, 2.45) is 0 Å². The van der Waals surface area contributed by atoms with E-state index in [0.717, 1.165) is 11.0 Å². The van der Waals surface area contributed by atoms with Crippen LogP contribution < -0.4 is 0 Å². The molecule has 0 atom stereocenters. The molecule has 1 aromatic heterocycles. The zero-order valence-electron chi connectivity index (χ0n) is 8.81. The van der Waals surface area contributed by atoms with E-state index in [4.69, 9.17) is 0 Å². The highest BCUT2D eigenvalue weighted by Gasteiger charge is 2.15. The predicted molar refractivity (Wildman–Crippen MR) is 57.7 cm³/mol. The van der Waals surface area contributed by atoms with Gasteiger partial charge in [-0.15, -0.1) is 0 Å². The summed E-state index contributed by atoms with van der Waals surface area (Å²) < 4.78 is 1.87. The van der Waals surface area contributed by atoms with Gasteiger partial charge in [0.1, 0.15) is 5.75 Å². The zero-order valence-corrected chi connectivity index (χ0v) is 8.81. The minimum absolute atomic E-state index is 0.205. The zero-order chi connectivity index (χ0) is 11.1. The maximum Gasteiger partial charge on any atom is 0.117 e. The molecule has 0 aliphatic carbocycles. The summed E-state index contributed by atoms with van der Waals surface area (Å²) in [7, 11) is 0. The first-order chi connectivity index (χ1) is 6.96. The first-order valence-corrected chi connectivity index (χ1v) is 4.82. The monoisotopic (exact) mass is 206 g/mol. The van der Waals surface area contributed by atoms with Gasteiger partial charge in [-0.2, -0.15) is 0 Å². The van der Waals surface area contributed by atoms with Gasteiger partial charge < -0.3 is 14.8 Å². The molecule has 1 aromatic carbocycles. The van der Waals surface area contributed by atoms with Crippen molar-refractivity contribution in [1.82, 2.24) is 9.55 Å². The van der Waals surface area contributed by atoms with Crippen molar-refractivity contribution in [2.75, 3.05) is 0 Å². The lowest BCUT2D eigenvalue weighted by Crippen LogP contribution is -2.25. The van der Waals surface area contributed by atoms with E-state index in [1.807, 2.05) is 4.57 Å². The van der Waals surface area contributed by atoms with Gasteiger partial charge in [0.05, 0.1) is 29.5 Å². The van der Waals surface area contributed by atoms with Crippen LogP contribution >= 0.6 is 0 Å². The number of fused-ring (bicyclic) bond motifs is 1. The van der Waals surface area contributed by atoms with Crippen LogP contribution in [-0.4, -0.2) is 25.4 Å². The van der Waals surface area contributed by atoms with E-state index in [2.05, 4.69) is 4.98 Å². The van der Waals surface area contributed by atoms with E-state index in [0.29, 0.717) is 6.54 Å². The molecule has 0 bridgehead atoms. The van der Waals surface area contributed by atoms with Crippen LogP contribution in [0.15, 0.2) is 24.5 Å². The predicted octanol–water partition coefficient (Wildman–Crippen LogP) is 1.51. The number of hydrogen-bond donors (Lipinski definition) is 2. The van der Waals surface area contributed by atoms with Crippen LogP contribution in [0.3, 0.4) is 0 Å². The Bertz CT molecular complexity index is 483. The van der Waals surface area contributed by atoms with Crippen LogP contribution in [0.1, 0.15) is 13.8 Å². The molecule has 2 N–H and O–H groups in total. The molecule has 1 heterocycles. The number of phenolic OH excluding ortho intramolecular Hbond substituents is 1. The number of rotatable bonds is 2. The lowest BCUT2D eigenvalue weighted by Gasteiger charge is -2.17. The SMILES string of the molecule is CC(C)(O)Cn1cnc2cc(O)ccc21. The van der Waals surface area contributed by atoms with Crippen molar-refractivity contribution >= 4 is 11.0 Å². The summed E-state index contributed by atoms with van der Waals surface area (Å²) in [5.74, 6) is 0.205. The number of phenols is 1. The third-order valence-corrected chi connectivity index (χ3v) is 2.16. The summed E-state index contributed by atoms with van der Waals surface area (Å²) in [4.78, 5) is 4.16. The minimum Gasteiger partial charge on any atom is -0.508 e. The van der Waals surface area contributed by atoms with E-state index in [9.17, 15) is 10.2 Å². The van der Waals surface area contributed by atoms with Crippen molar-refractivity contribution in [2.45, 2.75) is 26.0 Å². The highest BCUT2D eigenvalue weighted by molar-refractivity contribution is 5.76. The second-order valence-electron chi connectivity index (χ2n) is 4.36. The second-order valence-corrected chi connectivity index (χ2v) is 4.36. The van der Waals surface area contributed by atoms with Gasteiger partial charge in [-0.25, -0.2) is 4.98 Å². The van der Waals surface area contributed by atoms with Gasteiger partial charge in [0.2, 0.25) is 0 Å². The molecule has 0 spiro atoms. The number of benzene rings is 1.